The van der Waals surface area contributed by atoms with E-state index in [-0.39, 0.29) is 25.8 Å². The van der Waals surface area contributed by atoms with Gasteiger partial charge < -0.3 is 0 Å². The molecule has 1 heteroatoms. The van der Waals surface area contributed by atoms with Crippen LogP contribution in [0.5, 0.6) is 0 Å². The summed E-state index contributed by atoms with van der Waals surface area (Å²) >= 11 is 0. The van der Waals surface area contributed by atoms with Crippen molar-refractivity contribution in [2.45, 2.75) is 98.8 Å². The summed E-state index contributed by atoms with van der Waals surface area (Å²) in [6.45, 7) is 13.9. The van der Waals surface area contributed by atoms with Crippen LogP contribution in [0, 0.1) is 0 Å². The third-order valence-electron chi connectivity index (χ3n) is 8.02. The Morgan fingerprint density at radius 2 is 1.30 bits per heavy atom. The van der Waals surface area contributed by atoms with Crippen LogP contribution in [0.2, 0.25) is 0 Å². The second kappa shape index (κ2) is 11.4. The molecule has 0 N–H and O–H groups in total. The predicted molar refractivity (Wildman–Crippen MR) is 142 cm³/mol. The molecule has 33 heavy (non-hydrogen) atoms. The summed E-state index contributed by atoms with van der Waals surface area (Å²) in [5.41, 5.74) is 14.2. The Balaban J connectivity index is 0.00000306. The Bertz CT molecular complexity index is 1140. The van der Waals surface area contributed by atoms with Gasteiger partial charge in [-0.1, -0.05) is 89.8 Å². The van der Waals surface area contributed by atoms with Gasteiger partial charge in [-0.3, -0.25) is 0 Å². The van der Waals surface area contributed by atoms with E-state index in [1.807, 2.05) is 0 Å². The quantitative estimate of drug-likeness (QED) is 0.169. The topological polar surface area (TPSA) is 0 Å². The van der Waals surface area contributed by atoms with Crippen molar-refractivity contribution >= 4 is 16.8 Å². The fraction of sp³-hybridized carbons (Fsp3) is 0.469. The summed E-state index contributed by atoms with van der Waals surface area (Å²) in [6.07, 6.45) is 11.8. The van der Waals surface area contributed by atoms with Gasteiger partial charge in [0.1, 0.15) is 0 Å². The van der Waals surface area contributed by atoms with E-state index >= 15 is 0 Å². The van der Waals surface area contributed by atoms with Gasteiger partial charge in [-0.15, -0.1) is 33.5 Å². The minimum atomic E-state index is 0. The third-order valence-corrected chi connectivity index (χ3v) is 8.02. The molecule has 0 amide bonds. The van der Waals surface area contributed by atoms with Crippen molar-refractivity contribution in [2.24, 2.45) is 0 Å². The van der Waals surface area contributed by atoms with Crippen molar-refractivity contribution < 1.29 is 25.8 Å². The summed E-state index contributed by atoms with van der Waals surface area (Å²) in [4.78, 5) is 0. The van der Waals surface area contributed by atoms with E-state index in [1.54, 1.807) is 38.8 Å². The molecule has 3 aromatic rings. The predicted octanol–water partition coefficient (Wildman–Crippen LogP) is 8.89. The molecule has 0 bridgehead atoms. The number of rotatable bonds is 9. The van der Waals surface area contributed by atoms with Crippen LogP contribution >= 0.6 is 0 Å². The first-order chi connectivity index (χ1) is 15.6. The molecule has 0 nitrogen and oxygen atoms in total. The minimum absolute atomic E-state index is 0. The van der Waals surface area contributed by atoms with Gasteiger partial charge in [0.05, 0.1) is 0 Å². The van der Waals surface area contributed by atoms with Gasteiger partial charge in [0.25, 0.3) is 0 Å². The van der Waals surface area contributed by atoms with Crippen LogP contribution in [0.3, 0.4) is 0 Å². The zero-order chi connectivity index (χ0) is 22.8. The Labute approximate surface area is 221 Å². The molecule has 174 valence electrons. The van der Waals surface area contributed by atoms with Gasteiger partial charge >= 0.3 is 0 Å². The van der Waals surface area contributed by atoms with Crippen LogP contribution < -0.4 is 0 Å². The normalized spacial score (nSPS) is 15.0. The van der Waals surface area contributed by atoms with E-state index in [4.69, 9.17) is 0 Å². The molecule has 0 spiro atoms. The minimum Gasteiger partial charge on any atom is -0.164 e. The summed E-state index contributed by atoms with van der Waals surface area (Å²) < 4.78 is 0. The van der Waals surface area contributed by atoms with Crippen LogP contribution in [-0.4, -0.2) is 0 Å². The molecule has 1 atom stereocenters. The molecule has 0 saturated heterocycles. The van der Waals surface area contributed by atoms with Crippen LogP contribution in [0.25, 0.3) is 16.8 Å². The summed E-state index contributed by atoms with van der Waals surface area (Å²) in [5, 5.41) is 3.11. The maximum absolute atomic E-state index is 2.55. The molecule has 0 fully saturated rings. The molecular formula is C32H41Hf-. The monoisotopic (exact) mass is 605 g/mol. The average molecular weight is 604 g/mol. The molecule has 0 radical (unpaired) electrons. The van der Waals surface area contributed by atoms with Crippen LogP contribution in [-0.2, 0) is 64.4 Å². The Morgan fingerprint density at radius 3 is 1.91 bits per heavy atom. The molecule has 1 aliphatic rings. The maximum atomic E-state index is 2.55. The van der Waals surface area contributed by atoms with Gasteiger partial charge in [-0.25, -0.2) is 0 Å². The largest absolute Gasteiger partial charge is 0.164 e. The second-order valence-electron chi connectivity index (χ2n) is 9.46. The molecule has 1 aliphatic carbocycles. The molecule has 0 aromatic heterocycles. The van der Waals surface area contributed by atoms with Gasteiger partial charge in [0.2, 0.25) is 0 Å². The van der Waals surface area contributed by atoms with Crippen molar-refractivity contribution in [1.29, 1.82) is 0 Å². The van der Waals surface area contributed by atoms with E-state index in [9.17, 15) is 0 Å². The number of allylic oxidation sites excluding steroid dienone is 1. The van der Waals surface area contributed by atoms with Crippen molar-refractivity contribution in [3.05, 3.63) is 80.4 Å². The van der Waals surface area contributed by atoms with Gasteiger partial charge in [0, 0.05) is 31.8 Å². The summed E-state index contributed by atoms with van der Waals surface area (Å²) in [7, 11) is 0. The van der Waals surface area contributed by atoms with Crippen LogP contribution in [0.4, 0.5) is 0 Å². The SMILES string of the molecule is CCC1=Cc2c(CC)ccc(CC)c2C1CC[c-]1c(CC)cc2c(CC)ccc(CC)c21.[Hf]. The fourth-order valence-electron chi connectivity index (χ4n) is 6.22. The average Bonchev–Trinajstić information content (AvgIpc) is 3.39. The molecule has 4 rings (SSSR count). The Morgan fingerprint density at radius 1 is 0.697 bits per heavy atom. The van der Waals surface area contributed by atoms with Crippen molar-refractivity contribution in [3.63, 3.8) is 0 Å². The number of hydrogen-bond acceptors (Lipinski definition) is 0. The van der Waals surface area contributed by atoms with Gasteiger partial charge in [0.15, 0.2) is 0 Å². The van der Waals surface area contributed by atoms with E-state index in [2.05, 4.69) is 78.0 Å². The fourth-order valence-corrected chi connectivity index (χ4v) is 6.22. The van der Waals surface area contributed by atoms with E-state index in [0.717, 1.165) is 38.5 Å². The van der Waals surface area contributed by atoms with E-state index < -0.39 is 0 Å². The summed E-state index contributed by atoms with van der Waals surface area (Å²) in [6, 6.07) is 12.1. The molecule has 3 aromatic carbocycles. The van der Waals surface area contributed by atoms with Crippen molar-refractivity contribution in [2.75, 3.05) is 0 Å². The van der Waals surface area contributed by atoms with Crippen molar-refractivity contribution in [3.8, 4) is 0 Å². The molecule has 0 heterocycles. The first-order valence-electron chi connectivity index (χ1n) is 13.2. The van der Waals surface area contributed by atoms with Crippen LogP contribution in [0.15, 0.2) is 35.9 Å². The molecule has 0 saturated carbocycles. The zero-order valence-corrected chi connectivity index (χ0v) is 25.3. The third kappa shape index (κ3) is 4.64. The van der Waals surface area contributed by atoms with Crippen molar-refractivity contribution in [1.82, 2.24) is 0 Å². The second-order valence-corrected chi connectivity index (χ2v) is 9.46. The summed E-state index contributed by atoms with van der Waals surface area (Å²) in [5.74, 6) is 0.588. The van der Waals surface area contributed by atoms with Crippen LogP contribution in [0.1, 0.15) is 105 Å². The Hall–Kier alpha value is -1.34. The number of benzene rings is 2. The van der Waals surface area contributed by atoms with Gasteiger partial charge in [-0.2, -0.15) is 6.07 Å². The molecule has 0 aliphatic heterocycles. The first kappa shape index (κ1) is 26.3. The number of aryl methyl sites for hydroxylation is 6. The smallest absolute Gasteiger partial charge is 0.00559 e. The number of fused-ring (bicyclic) bond motifs is 2. The zero-order valence-electron chi connectivity index (χ0n) is 21.7. The maximum Gasteiger partial charge on any atom is 0.00559 e. The standard InChI is InChI=1S/C32H41.Hf/c1-7-21-13-15-23(9-3)31-27(25(11-5)19-29(21)31)17-18-28-26(12-6)20-30-22(8-2)14-16-24(10-4)32(28)30;/h13-16,19-20,27H,7-12,17-18H2,1-6H3;/q-1;. The Kier molecular flexibility index (Phi) is 9.07. The van der Waals surface area contributed by atoms with E-state index in [1.165, 1.54) is 34.9 Å². The first-order valence-corrected chi connectivity index (χ1v) is 13.2. The van der Waals surface area contributed by atoms with Gasteiger partial charge in [-0.05, 0) is 60.8 Å². The molecule has 1 unspecified atom stereocenters. The molecular weight excluding hydrogens is 563 g/mol. The van der Waals surface area contributed by atoms with E-state index in [0.29, 0.717) is 5.92 Å². The number of hydrogen-bond donors (Lipinski definition) is 0.